The molecule has 8 heteroatoms. The van der Waals surface area contributed by atoms with Gasteiger partial charge in [-0.1, -0.05) is 30.3 Å². The van der Waals surface area contributed by atoms with E-state index in [1.165, 1.54) is 23.1 Å². The van der Waals surface area contributed by atoms with Crippen LogP contribution in [0, 0.1) is 0 Å². The van der Waals surface area contributed by atoms with E-state index in [1.54, 1.807) is 14.2 Å². The Labute approximate surface area is 180 Å². The van der Waals surface area contributed by atoms with E-state index in [4.69, 9.17) is 9.47 Å². The van der Waals surface area contributed by atoms with Crippen LogP contribution in [0.2, 0.25) is 0 Å². The van der Waals surface area contributed by atoms with Crippen molar-refractivity contribution in [1.29, 1.82) is 0 Å². The average molecular weight is 424 g/mol. The molecule has 2 aromatic carbocycles. The highest BCUT2D eigenvalue weighted by Crippen LogP contribution is 2.24. The highest BCUT2D eigenvalue weighted by molar-refractivity contribution is 6.22. The summed E-state index contributed by atoms with van der Waals surface area (Å²) in [4.78, 5) is 52.2. The van der Waals surface area contributed by atoms with Crippen molar-refractivity contribution in [3.63, 3.8) is 0 Å². The highest BCUT2D eigenvalue weighted by atomic mass is 16.5. The molecule has 0 aliphatic carbocycles. The summed E-state index contributed by atoms with van der Waals surface area (Å²) in [5.41, 5.74) is 1.47. The molecule has 3 rings (SSSR count). The van der Waals surface area contributed by atoms with Crippen molar-refractivity contribution in [2.45, 2.75) is 13.0 Å². The van der Waals surface area contributed by atoms with Crippen molar-refractivity contribution >= 4 is 23.7 Å². The summed E-state index contributed by atoms with van der Waals surface area (Å²) in [5.74, 6) is -1.94. The van der Waals surface area contributed by atoms with E-state index in [2.05, 4.69) is 0 Å². The van der Waals surface area contributed by atoms with E-state index in [0.717, 1.165) is 10.5 Å². The van der Waals surface area contributed by atoms with Crippen LogP contribution in [0.1, 0.15) is 43.1 Å². The molecule has 31 heavy (non-hydrogen) atoms. The maximum Gasteiger partial charge on any atom is 0.338 e. The van der Waals surface area contributed by atoms with E-state index in [9.17, 15) is 19.2 Å². The zero-order valence-electron chi connectivity index (χ0n) is 17.5. The summed E-state index contributed by atoms with van der Waals surface area (Å²) in [6.45, 7) is 0.640. The predicted molar refractivity (Wildman–Crippen MR) is 112 cm³/mol. The fourth-order valence-corrected chi connectivity index (χ4v) is 3.25. The van der Waals surface area contributed by atoms with Crippen molar-refractivity contribution in [3.8, 4) is 0 Å². The van der Waals surface area contributed by atoms with Gasteiger partial charge in [0.2, 0.25) is 0 Å². The highest BCUT2D eigenvalue weighted by Gasteiger charge is 2.35. The Balaban J connectivity index is 1.59. The molecule has 0 saturated carbocycles. The number of amides is 3. The molecule has 0 fully saturated rings. The van der Waals surface area contributed by atoms with Crippen LogP contribution in [0.5, 0.6) is 0 Å². The van der Waals surface area contributed by atoms with E-state index in [-0.39, 0.29) is 29.1 Å². The van der Waals surface area contributed by atoms with Gasteiger partial charge in [0.05, 0.1) is 16.7 Å². The van der Waals surface area contributed by atoms with Crippen LogP contribution in [0.25, 0.3) is 0 Å². The first kappa shape index (κ1) is 22.2. The van der Waals surface area contributed by atoms with Crippen LogP contribution in [0.4, 0.5) is 0 Å². The van der Waals surface area contributed by atoms with Crippen molar-refractivity contribution < 1.29 is 28.7 Å². The quantitative estimate of drug-likeness (QED) is 0.348. The molecule has 1 aliphatic heterocycles. The molecule has 0 spiro atoms. The molecule has 8 nitrogen and oxygen atoms in total. The van der Waals surface area contributed by atoms with Gasteiger partial charge in [-0.2, -0.15) is 0 Å². The normalized spacial score (nSPS) is 12.6. The number of hydrogen-bond acceptors (Lipinski definition) is 6. The molecule has 0 aromatic heterocycles. The number of fused-ring (bicyclic) bond motifs is 1. The lowest BCUT2D eigenvalue weighted by atomic mass is 10.1. The van der Waals surface area contributed by atoms with Crippen LogP contribution < -0.4 is 0 Å². The summed E-state index contributed by atoms with van der Waals surface area (Å²) in [7, 11) is 3.17. The number of hydrogen-bond donors (Lipinski definition) is 0. The molecule has 3 amide bonds. The first-order valence-corrected chi connectivity index (χ1v) is 9.86. The fraction of sp³-hybridized carbons (Fsp3) is 0.304. The number of esters is 1. The molecule has 162 valence electrons. The molecule has 0 saturated heterocycles. The largest absolute Gasteiger partial charge is 0.452 e. The molecule has 1 heterocycles. The van der Waals surface area contributed by atoms with Gasteiger partial charge in [-0.25, -0.2) is 4.79 Å². The van der Waals surface area contributed by atoms with Gasteiger partial charge in [0.25, 0.3) is 17.7 Å². The van der Waals surface area contributed by atoms with Crippen molar-refractivity contribution in [2.24, 2.45) is 0 Å². The molecule has 0 unspecified atom stereocenters. The van der Waals surface area contributed by atoms with Gasteiger partial charge in [0, 0.05) is 33.9 Å². The monoisotopic (exact) mass is 424 g/mol. The number of ether oxygens (including phenoxy) is 2. The van der Waals surface area contributed by atoms with Gasteiger partial charge >= 0.3 is 5.97 Å². The zero-order valence-corrected chi connectivity index (χ0v) is 17.5. The van der Waals surface area contributed by atoms with Crippen LogP contribution in [0.3, 0.4) is 0 Å². The van der Waals surface area contributed by atoms with Crippen molar-refractivity contribution in [3.05, 3.63) is 70.8 Å². The minimum atomic E-state index is -0.734. The van der Waals surface area contributed by atoms with Crippen molar-refractivity contribution in [2.75, 3.05) is 33.9 Å². The Morgan fingerprint density at radius 1 is 1.00 bits per heavy atom. The number of rotatable bonds is 9. The number of likely N-dealkylation sites (N-methyl/N-ethyl adjacent to an activating group) is 1. The van der Waals surface area contributed by atoms with Gasteiger partial charge in [-0.15, -0.1) is 0 Å². The van der Waals surface area contributed by atoms with Gasteiger partial charge in [0.15, 0.2) is 6.61 Å². The third-order valence-electron chi connectivity index (χ3n) is 4.95. The van der Waals surface area contributed by atoms with Crippen LogP contribution in [-0.2, 0) is 20.8 Å². The van der Waals surface area contributed by atoms with Crippen LogP contribution in [-0.4, -0.2) is 67.4 Å². The first-order chi connectivity index (χ1) is 14.9. The standard InChI is InChI=1S/C23H24N2O6/c1-24(14-16-7-4-3-5-8-16)20(26)15-31-23(29)17-9-10-18-19(13-17)22(28)25(21(18)27)11-6-12-30-2/h3-5,7-10,13H,6,11-12,14-15H2,1-2H3. The minimum absolute atomic E-state index is 0.108. The SMILES string of the molecule is COCCCN1C(=O)c2ccc(C(=O)OCC(=O)N(C)Cc3ccccc3)cc2C1=O. The van der Waals surface area contributed by atoms with Gasteiger partial charge in [-0.05, 0) is 30.2 Å². The number of methoxy groups -OCH3 is 1. The Morgan fingerprint density at radius 2 is 1.71 bits per heavy atom. The Morgan fingerprint density at radius 3 is 2.42 bits per heavy atom. The molecule has 0 atom stereocenters. The van der Waals surface area contributed by atoms with Crippen LogP contribution in [0.15, 0.2) is 48.5 Å². The van der Waals surface area contributed by atoms with E-state index in [1.807, 2.05) is 30.3 Å². The molecule has 0 bridgehead atoms. The maximum absolute atomic E-state index is 12.6. The summed E-state index contributed by atoms with van der Waals surface area (Å²) >= 11 is 0. The Hall–Kier alpha value is -3.52. The number of carbonyl (C=O) groups is 4. The minimum Gasteiger partial charge on any atom is -0.452 e. The molecule has 1 aliphatic rings. The lowest BCUT2D eigenvalue weighted by molar-refractivity contribution is -0.133. The zero-order chi connectivity index (χ0) is 22.4. The number of carbonyl (C=O) groups excluding carboxylic acids is 4. The second-order valence-corrected chi connectivity index (χ2v) is 7.18. The number of benzene rings is 2. The first-order valence-electron chi connectivity index (χ1n) is 9.86. The van der Waals surface area contributed by atoms with Crippen LogP contribution >= 0.6 is 0 Å². The average Bonchev–Trinajstić information content (AvgIpc) is 3.02. The predicted octanol–water partition coefficient (Wildman–Crippen LogP) is 2.13. The number of imide groups is 1. The number of nitrogens with zero attached hydrogens (tertiary/aromatic N) is 2. The summed E-state index contributed by atoms with van der Waals surface area (Å²) in [5, 5.41) is 0. The Bertz CT molecular complexity index is 989. The van der Waals surface area contributed by atoms with Gasteiger partial charge in [0.1, 0.15) is 0 Å². The third kappa shape index (κ3) is 5.16. The molecular weight excluding hydrogens is 400 g/mol. The third-order valence-corrected chi connectivity index (χ3v) is 4.95. The second kappa shape index (κ2) is 9.99. The molecule has 0 radical (unpaired) electrons. The topological polar surface area (TPSA) is 93.2 Å². The lowest BCUT2D eigenvalue weighted by Crippen LogP contribution is -2.31. The fourth-order valence-electron chi connectivity index (χ4n) is 3.25. The molecular formula is C23H24N2O6. The van der Waals surface area contributed by atoms with E-state index < -0.39 is 24.4 Å². The van der Waals surface area contributed by atoms with Crippen molar-refractivity contribution in [1.82, 2.24) is 9.80 Å². The summed E-state index contributed by atoms with van der Waals surface area (Å²) in [6.07, 6.45) is 0.523. The molecule has 0 N–H and O–H groups in total. The second-order valence-electron chi connectivity index (χ2n) is 7.18. The smallest absolute Gasteiger partial charge is 0.338 e. The summed E-state index contributed by atoms with van der Waals surface area (Å²) < 4.78 is 10.1. The van der Waals surface area contributed by atoms with Gasteiger partial charge < -0.3 is 14.4 Å². The Kier molecular flexibility index (Phi) is 7.15. The van der Waals surface area contributed by atoms with Gasteiger partial charge in [-0.3, -0.25) is 19.3 Å². The molecule has 2 aromatic rings. The maximum atomic E-state index is 12.6. The van der Waals surface area contributed by atoms with E-state index >= 15 is 0 Å². The van der Waals surface area contributed by atoms with E-state index in [0.29, 0.717) is 19.6 Å². The lowest BCUT2D eigenvalue weighted by Gasteiger charge is -2.17. The summed E-state index contributed by atoms with van der Waals surface area (Å²) in [6, 6.07) is 13.6.